The maximum absolute atomic E-state index is 12.7. The highest BCUT2D eigenvalue weighted by molar-refractivity contribution is 6.06. The van der Waals surface area contributed by atoms with Crippen LogP contribution in [0.25, 0.3) is 0 Å². The molecule has 1 aliphatic heterocycles. The second-order valence-corrected chi connectivity index (χ2v) is 6.95. The van der Waals surface area contributed by atoms with Crippen LogP contribution in [0.1, 0.15) is 66.2 Å². The van der Waals surface area contributed by atoms with Crippen molar-refractivity contribution in [3.63, 3.8) is 0 Å². The summed E-state index contributed by atoms with van der Waals surface area (Å²) in [5, 5.41) is 2.81. The Balaban J connectivity index is 2.42. The van der Waals surface area contributed by atoms with E-state index in [2.05, 4.69) is 5.32 Å². The molecule has 1 aromatic rings. The van der Waals surface area contributed by atoms with Crippen LogP contribution in [-0.4, -0.2) is 28.2 Å². The van der Waals surface area contributed by atoms with E-state index in [1.807, 2.05) is 33.8 Å². The molecular formula is C19H26N2O3. The van der Waals surface area contributed by atoms with Gasteiger partial charge in [0.15, 0.2) is 5.78 Å². The third-order valence-corrected chi connectivity index (χ3v) is 4.89. The van der Waals surface area contributed by atoms with Gasteiger partial charge in [-0.1, -0.05) is 19.4 Å². The van der Waals surface area contributed by atoms with Crippen LogP contribution in [0.2, 0.25) is 0 Å². The summed E-state index contributed by atoms with van der Waals surface area (Å²) in [5.74, 6) is -0.197. The molecule has 0 unspecified atom stereocenters. The number of rotatable bonds is 5. The number of hydrogen-bond acceptors (Lipinski definition) is 3. The van der Waals surface area contributed by atoms with Gasteiger partial charge in [0, 0.05) is 5.56 Å². The van der Waals surface area contributed by atoms with E-state index < -0.39 is 5.54 Å². The van der Waals surface area contributed by atoms with Gasteiger partial charge in [-0.05, 0) is 63.3 Å². The summed E-state index contributed by atoms with van der Waals surface area (Å²) in [7, 11) is 0. The van der Waals surface area contributed by atoms with Crippen LogP contribution in [0.5, 0.6) is 0 Å². The van der Waals surface area contributed by atoms with Gasteiger partial charge in [0.1, 0.15) is 5.54 Å². The molecule has 5 nitrogen and oxygen atoms in total. The maximum atomic E-state index is 12.7. The lowest BCUT2D eigenvalue weighted by Crippen LogP contribution is -2.43. The molecule has 0 radical (unpaired) electrons. The third kappa shape index (κ3) is 2.95. The first-order valence-corrected chi connectivity index (χ1v) is 8.37. The van der Waals surface area contributed by atoms with Crippen LogP contribution in [0.3, 0.4) is 0 Å². The summed E-state index contributed by atoms with van der Waals surface area (Å²) in [6.45, 7) is 11.2. The SMILES string of the molecule is CCC[C@@]1(C)NC(=O)N(Cc2c(C)cc(C)c(C(C)=O)c2C)C1=O. The number of ketones is 1. The molecule has 1 heterocycles. The largest absolute Gasteiger partial charge is 0.325 e. The number of nitrogens with one attached hydrogen (secondary N) is 1. The number of aryl methyl sites for hydroxylation is 2. The number of Topliss-reactive ketones (excluding diaryl/α,β-unsaturated/α-hetero) is 1. The topological polar surface area (TPSA) is 66.5 Å². The minimum absolute atomic E-state index is 0.000675. The number of imide groups is 1. The minimum Gasteiger partial charge on any atom is -0.323 e. The first-order chi connectivity index (χ1) is 11.1. The highest BCUT2D eigenvalue weighted by Crippen LogP contribution is 2.28. The molecule has 130 valence electrons. The van der Waals surface area contributed by atoms with Crippen LogP contribution in [0.15, 0.2) is 6.07 Å². The molecule has 1 saturated heterocycles. The van der Waals surface area contributed by atoms with Crippen molar-refractivity contribution in [3.8, 4) is 0 Å². The predicted octanol–water partition coefficient (Wildman–Crippen LogP) is 3.43. The summed E-state index contributed by atoms with van der Waals surface area (Å²) in [6, 6.07) is 1.59. The molecule has 0 aromatic heterocycles. The molecule has 1 N–H and O–H groups in total. The minimum atomic E-state index is -0.832. The normalized spacial score (nSPS) is 20.5. The van der Waals surface area contributed by atoms with Crippen LogP contribution < -0.4 is 5.32 Å². The zero-order valence-corrected chi connectivity index (χ0v) is 15.4. The molecule has 24 heavy (non-hydrogen) atoms. The highest BCUT2D eigenvalue weighted by atomic mass is 16.2. The smallest absolute Gasteiger partial charge is 0.323 e. The van der Waals surface area contributed by atoms with Crippen LogP contribution in [-0.2, 0) is 11.3 Å². The van der Waals surface area contributed by atoms with Gasteiger partial charge in [-0.25, -0.2) is 4.79 Å². The van der Waals surface area contributed by atoms with Crippen molar-refractivity contribution in [2.45, 2.75) is 66.5 Å². The number of carbonyl (C=O) groups excluding carboxylic acids is 3. The predicted molar refractivity (Wildman–Crippen MR) is 93.1 cm³/mol. The fraction of sp³-hybridized carbons (Fsp3) is 0.526. The van der Waals surface area contributed by atoms with E-state index in [0.29, 0.717) is 12.0 Å². The van der Waals surface area contributed by atoms with E-state index in [0.717, 1.165) is 28.7 Å². The van der Waals surface area contributed by atoms with E-state index in [9.17, 15) is 14.4 Å². The Hall–Kier alpha value is -2.17. The lowest BCUT2D eigenvalue weighted by molar-refractivity contribution is -0.131. The first-order valence-electron chi connectivity index (χ1n) is 8.37. The van der Waals surface area contributed by atoms with Gasteiger partial charge in [-0.2, -0.15) is 0 Å². The second kappa shape index (κ2) is 6.38. The molecule has 1 fully saturated rings. The monoisotopic (exact) mass is 330 g/mol. The molecule has 1 aliphatic rings. The molecule has 1 aromatic carbocycles. The maximum Gasteiger partial charge on any atom is 0.325 e. The number of benzene rings is 1. The highest BCUT2D eigenvalue weighted by Gasteiger charge is 2.47. The average molecular weight is 330 g/mol. The van der Waals surface area contributed by atoms with Crippen molar-refractivity contribution in [1.29, 1.82) is 0 Å². The average Bonchev–Trinajstić information content (AvgIpc) is 2.65. The Morgan fingerprint density at radius 2 is 1.83 bits per heavy atom. The molecule has 0 spiro atoms. The molecule has 2 rings (SSSR count). The van der Waals surface area contributed by atoms with Crippen LogP contribution >= 0.6 is 0 Å². The Morgan fingerprint density at radius 1 is 1.21 bits per heavy atom. The molecule has 0 saturated carbocycles. The van der Waals surface area contributed by atoms with Crippen LogP contribution in [0, 0.1) is 20.8 Å². The number of hydrogen-bond donors (Lipinski definition) is 1. The Kier molecular flexibility index (Phi) is 4.83. The van der Waals surface area contributed by atoms with E-state index in [1.54, 1.807) is 13.8 Å². The van der Waals surface area contributed by atoms with Crippen molar-refractivity contribution >= 4 is 17.7 Å². The number of urea groups is 1. The van der Waals surface area contributed by atoms with Crippen molar-refractivity contribution in [3.05, 3.63) is 33.9 Å². The summed E-state index contributed by atoms with van der Waals surface area (Å²) in [5.41, 5.74) is 3.48. The quantitative estimate of drug-likeness (QED) is 0.664. The van der Waals surface area contributed by atoms with Crippen molar-refractivity contribution in [1.82, 2.24) is 10.2 Å². The molecule has 5 heteroatoms. The summed E-state index contributed by atoms with van der Waals surface area (Å²) in [4.78, 5) is 38.2. The molecular weight excluding hydrogens is 304 g/mol. The number of nitrogens with zero attached hydrogens (tertiary/aromatic N) is 1. The summed E-state index contributed by atoms with van der Waals surface area (Å²) in [6.07, 6.45) is 1.42. The van der Waals surface area contributed by atoms with Gasteiger partial charge in [-0.3, -0.25) is 14.5 Å². The first kappa shape index (κ1) is 18.2. The molecule has 0 bridgehead atoms. The zero-order chi connectivity index (χ0) is 18.2. The fourth-order valence-corrected chi connectivity index (χ4v) is 3.73. The Morgan fingerprint density at radius 3 is 2.38 bits per heavy atom. The Labute approximate surface area is 143 Å². The van der Waals surface area contributed by atoms with Gasteiger partial charge < -0.3 is 5.32 Å². The third-order valence-electron chi connectivity index (χ3n) is 4.89. The van der Waals surface area contributed by atoms with Gasteiger partial charge in [0.05, 0.1) is 6.54 Å². The molecule has 3 amide bonds. The Bertz CT molecular complexity index is 724. The molecule has 0 aliphatic carbocycles. The van der Waals surface area contributed by atoms with Gasteiger partial charge in [0.25, 0.3) is 5.91 Å². The fourth-order valence-electron chi connectivity index (χ4n) is 3.73. The van der Waals surface area contributed by atoms with E-state index >= 15 is 0 Å². The summed E-state index contributed by atoms with van der Waals surface area (Å²) < 4.78 is 0. The van der Waals surface area contributed by atoms with Gasteiger partial charge in [0.2, 0.25) is 0 Å². The second-order valence-electron chi connectivity index (χ2n) is 6.95. The van der Waals surface area contributed by atoms with E-state index in [1.165, 1.54) is 4.90 Å². The summed E-state index contributed by atoms with van der Waals surface area (Å²) >= 11 is 0. The van der Waals surface area contributed by atoms with Crippen molar-refractivity contribution in [2.75, 3.05) is 0 Å². The lowest BCUT2D eigenvalue weighted by Gasteiger charge is -2.22. The van der Waals surface area contributed by atoms with Gasteiger partial charge in [-0.15, -0.1) is 0 Å². The van der Waals surface area contributed by atoms with Crippen LogP contribution in [0.4, 0.5) is 4.79 Å². The standard InChI is InChI=1S/C19H26N2O3/c1-7-8-19(6)17(23)21(18(24)20-19)10-15-11(2)9-12(3)16(13(15)4)14(5)22/h9H,7-8,10H2,1-6H3,(H,20,24)/t19-/m1/s1. The lowest BCUT2D eigenvalue weighted by atomic mass is 9.91. The van der Waals surface area contributed by atoms with Gasteiger partial charge >= 0.3 is 6.03 Å². The number of carbonyl (C=O) groups is 3. The van der Waals surface area contributed by atoms with E-state index in [4.69, 9.17) is 0 Å². The van der Waals surface area contributed by atoms with E-state index in [-0.39, 0.29) is 24.3 Å². The van der Waals surface area contributed by atoms with Crippen molar-refractivity contribution < 1.29 is 14.4 Å². The zero-order valence-electron chi connectivity index (χ0n) is 15.4. The molecule has 1 atom stereocenters. The van der Waals surface area contributed by atoms with Crippen molar-refractivity contribution in [2.24, 2.45) is 0 Å². The number of amides is 3.